The van der Waals surface area contributed by atoms with Crippen LogP contribution in [0.15, 0.2) is 200 Å². The average Bonchev–Trinajstić information content (AvgIpc) is 3.24. The molecule has 3 heteroatoms. The van der Waals surface area contributed by atoms with Crippen LogP contribution in [-0.4, -0.2) is 15.0 Å². The number of hydrogen-bond donors (Lipinski definition) is 0. The molecule has 244 valence electrons. The molecule has 8 aromatic carbocycles. The maximum absolute atomic E-state index is 4.97. The second kappa shape index (κ2) is 13.7. The van der Waals surface area contributed by atoms with E-state index in [1.807, 2.05) is 60.7 Å². The van der Waals surface area contributed by atoms with Gasteiger partial charge < -0.3 is 0 Å². The van der Waals surface area contributed by atoms with Crippen molar-refractivity contribution in [2.24, 2.45) is 0 Å². The second-order valence-corrected chi connectivity index (χ2v) is 12.8. The van der Waals surface area contributed by atoms with E-state index >= 15 is 0 Å². The molecule has 0 bridgehead atoms. The highest BCUT2D eigenvalue weighted by molar-refractivity contribution is 6.02. The fourth-order valence-corrected chi connectivity index (χ4v) is 7.02. The predicted molar refractivity (Wildman–Crippen MR) is 215 cm³/mol. The van der Waals surface area contributed by atoms with Crippen LogP contribution in [0.3, 0.4) is 0 Å². The third kappa shape index (κ3) is 6.06. The van der Waals surface area contributed by atoms with Gasteiger partial charge in [-0.2, -0.15) is 0 Å². The Morgan fingerprint density at radius 3 is 1.23 bits per heavy atom. The van der Waals surface area contributed by atoms with Crippen LogP contribution in [0.5, 0.6) is 0 Å². The van der Waals surface area contributed by atoms with Crippen LogP contribution >= 0.6 is 0 Å². The van der Waals surface area contributed by atoms with E-state index in [4.69, 9.17) is 15.0 Å². The van der Waals surface area contributed by atoms with Crippen molar-refractivity contribution < 1.29 is 0 Å². The summed E-state index contributed by atoms with van der Waals surface area (Å²) in [6.45, 7) is 0. The van der Waals surface area contributed by atoms with Crippen molar-refractivity contribution in [2.45, 2.75) is 0 Å². The van der Waals surface area contributed by atoms with Gasteiger partial charge in [0.2, 0.25) is 0 Å². The summed E-state index contributed by atoms with van der Waals surface area (Å²) >= 11 is 0. The normalized spacial score (nSPS) is 11.1. The summed E-state index contributed by atoms with van der Waals surface area (Å²) in [6, 6.07) is 70.2. The molecule has 52 heavy (non-hydrogen) atoms. The van der Waals surface area contributed by atoms with E-state index in [9.17, 15) is 0 Å². The fraction of sp³-hybridized carbons (Fsp3) is 0. The minimum Gasteiger partial charge on any atom is -0.208 e. The summed E-state index contributed by atoms with van der Waals surface area (Å²) in [5.41, 5.74) is 12.3. The number of aromatic nitrogens is 3. The predicted octanol–water partition coefficient (Wildman–Crippen LogP) is 12.7. The van der Waals surface area contributed by atoms with Gasteiger partial charge in [0.15, 0.2) is 17.5 Å². The highest BCUT2D eigenvalue weighted by Crippen LogP contribution is 2.41. The molecular formula is C49H33N3. The topological polar surface area (TPSA) is 38.7 Å². The number of hydrogen-bond acceptors (Lipinski definition) is 3. The van der Waals surface area contributed by atoms with Crippen molar-refractivity contribution >= 4 is 10.8 Å². The van der Waals surface area contributed by atoms with Crippen molar-refractivity contribution in [3.8, 4) is 78.7 Å². The second-order valence-electron chi connectivity index (χ2n) is 12.8. The first-order valence-corrected chi connectivity index (χ1v) is 17.5. The summed E-state index contributed by atoms with van der Waals surface area (Å²) in [4.78, 5) is 14.8. The van der Waals surface area contributed by atoms with Crippen LogP contribution in [0.1, 0.15) is 0 Å². The lowest BCUT2D eigenvalue weighted by atomic mass is 9.87. The Hall–Kier alpha value is -6.97. The van der Waals surface area contributed by atoms with Crippen LogP contribution < -0.4 is 0 Å². The van der Waals surface area contributed by atoms with Gasteiger partial charge >= 0.3 is 0 Å². The Bertz CT molecular complexity index is 2620. The molecule has 0 atom stereocenters. The SMILES string of the molecule is c1ccc(-c2nc(-c3ccccc3)nc(-c3cccc(-c4cccc(-c5ccccc5-c5ccccc5-c5cccc6ccccc56)c4)c3)n2)cc1. The van der Waals surface area contributed by atoms with Crippen LogP contribution in [0.4, 0.5) is 0 Å². The third-order valence-electron chi connectivity index (χ3n) is 9.55. The number of nitrogens with zero attached hydrogens (tertiary/aromatic N) is 3. The molecule has 9 aromatic rings. The first-order chi connectivity index (χ1) is 25.8. The first-order valence-electron chi connectivity index (χ1n) is 17.5. The largest absolute Gasteiger partial charge is 0.208 e. The zero-order chi connectivity index (χ0) is 34.7. The van der Waals surface area contributed by atoms with Gasteiger partial charge in [0, 0.05) is 16.7 Å². The molecule has 0 radical (unpaired) electrons. The van der Waals surface area contributed by atoms with Crippen molar-refractivity contribution in [1.29, 1.82) is 0 Å². The van der Waals surface area contributed by atoms with Crippen molar-refractivity contribution in [2.75, 3.05) is 0 Å². The lowest BCUT2D eigenvalue weighted by Crippen LogP contribution is -2.00. The zero-order valence-corrected chi connectivity index (χ0v) is 28.4. The van der Waals surface area contributed by atoms with Gasteiger partial charge in [-0.3, -0.25) is 0 Å². The van der Waals surface area contributed by atoms with E-state index in [1.54, 1.807) is 0 Å². The average molecular weight is 664 g/mol. The van der Waals surface area contributed by atoms with Gasteiger partial charge in [0.1, 0.15) is 0 Å². The lowest BCUT2D eigenvalue weighted by Gasteiger charge is -2.16. The molecule has 0 spiro atoms. The van der Waals surface area contributed by atoms with E-state index in [1.165, 1.54) is 38.6 Å². The quantitative estimate of drug-likeness (QED) is 0.170. The monoisotopic (exact) mass is 663 g/mol. The number of rotatable bonds is 7. The number of benzene rings is 8. The van der Waals surface area contributed by atoms with Gasteiger partial charge in [-0.05, 0) is 67.4 Å². The summed E-state index contributed by atoms with van der Waals surface area (Å²) in [7, 11) is 0. The van der Waals surface area contributed by atoms with Gasteiger partial charge in [0.05, 0.1) is 0 Å². The van der Waals surface area contributed by atoms with Crippen molar-refractivity contribution in [3.05, 3.63) is 200 Å². The fourth-order valence-electron chi connectivity index (χ4n) is 7.02. The van der Waals surface area contributed by atoms with Gasteiger partial charge in [0.25, 0.3) is 0 Å². The van der Waals surface area contributed by atoms with Crippen LogP contribution in [-0.2, 0) is 0 Å². The Kier molecular flexibility index (Phi) is 8.20. The van der Waals surface area contributed by atoms with Crippen molar-refractivity contribution in [1.82, 2.24) is 15.0 Å². The molecule has 0 saturated heterocycles. The lowest BCUT2D eigenvalue weighted by molar-refractivity contribution is 1.07. The molecule has 0 aliphatic rings. The molecule has 3 nitrogen and oxygen atoms in total. The maximum atomic E-state index is 4.97. The maximum Gasteiger partial charge on any atom is 0.164 e. The Balaban J connectivity index is 1.12. The molecule has 0 aliphatic carbocycles. The Morgan fingerprint density at radius 1 is 0.231 bits per heavy atom. The highest BCUT2D eigenvalue weighted by atomic mass is 15.0. The van der Waals surface area contributed by atoms with Gasteiger partial charge in [-0.15, -0.1) is 0 Å². The highest BCUT2D eigenvalue weighted by Gasteiger charge is 2.16. The zero-order valence-electron chi connectivity index (χ0n) is 28.4. The summed E-state index contributed by atoms with van der Waals surface area (Å²) in [5, 5.41) is 2.49. The minimum atomic E-state index is 0.640. The van der Waals surface area contributed by atoms with E-state index in [2.05, 4.69) is 140 Å². The number of fused-ring (bicyclic) bond motifs is 1. The molecule has 0 aliphatic heterocycles. The molecule has 0 amide bonds. The Labute approximate surface area is 303 Å². The van der Waals surface area contributed by atoms with E-state index in [-0.39, 0.29) is 0 Å². The van der Waals surface area contributed by atoms with Gasteiger partial charge in [-0.25, -0.2) is 15.0 Å². The molecule has 9 rings (SSSR count). The van der Waals surface area contributed by atoms with Crippen LogP contribution in [0.2, 0.25) is 0 Å². The molecule has 0 fully saturated rings. The molecule has 1 aromatic heterocycles. The summed E-state index contributed by atoms with van der Waals surface area (Å²) in [6.07, 6.45) is 0. The Morgan fingerprint density at radius 2 is 0.596 bits per heavy atom. The third-order valence-corrected chi connectivity index (χ3v) is 9.55. The minimum absolute atomic E-state index is 0.640. The van der Waals surface area contributed by atoms with E-state index < -0.39 is 0 Å². The van der Waals surface area contributed by atoms with Gasteiger partial charge in [-0.1, -0.05) is 188 Å². The van der Waals surface area contributed by atoms with E-state index in [0.717, 1.165) is 33.4 Å². The molecule has 0 unspecified atom stereocenters. The smallest absolute Gasteiger partial charge is 0.164 e. The van der Waals surface area contributed by atoms with Crippen molar-refractivity contribution in [3.63, 3.8) is 0 Å². The first kappa shape index (κ1) is 31.0. The van der Waals surface area contributed by atoms with E-state index in [0.29, 0.717) is 17.5 Å². The molecule has 0 N–H and O–H groups in total. The standard InChI is InChI=1S/C49H33N3/c1-3-17-35(18-4-1)47-50-48(36-19-5-2-6-20-36)52-49(51-47)40-25-14-23-38(33-40)37-22-13-24-39(32-37)42-27-9-10-28-43(42)45-29-11-12-30-46(45)44-31-15-21-34-16-7-8-26-41(34)44/h1-33H. The summed E-state index contributed by atoms with van der Waals surface area (Å²) in [5.74, 6) is 1.94. The molecule has 0 saturated carbocycles. The summed E-state index contributed by atoms with van der Waals surface area (Å²) < 4.78 is 0. The van der Waals surface area contributed by atoms with Crippen LogP contribution in [0.25, 0.3) is 89.4 Å². The molecule has 1 heterocycles. The van der Waals surface area contributed by atoms with Crippen LogP contribution in [0, 0.1) is 0 Å². The molecular weight excluding hydrogens is 631 g/mol.